The van der Waals surface area contributed by atoms with Crippen LogP contribution in [0.1, 0.15) is 17.8 Å². The SMILES string of the molecule is COc1nc(C)nc(NC(=O)NS(=O)(=O)c2ccccc2CCC(F)(F)F)n1.Nc1c([N+](=O)[O-])ccc(Oc2ccccc2)c1Cl. The van der Waals surface area contributed by atoms with Gasteiger partial charge in [0.2, 0.25) is 5.95 Å². The number of alkyl halides is 3. The van der Waals surface area contributed by atoms with Crippen LogP contribution in [-0.4, -0.2) is 47.6 Å². The number of halogens is 4. The van der Waals surface area contributed by atoms with Crippen molar-refractivity contribution < 1.29 is 40.8 Å². The minimum Gasteiger partial charge on any atom is -0.467 e. The number of nitrogen functional groups attached to an aromatic ring is 1. The Bertz CT molecular complexity index is 1820. The molecule has 1 heterocycles. The third-order valence-corrected chi connectivity index (χ3v) is 7.41. The van der Waals surface area contributed by atoms with E-state index in [2.05, 4.69) is 20.3 Å². The number of carbonyl (C=O) groups is 1. The summed E-state index contributed by atoms with van der Waals surface area (Å²) >= 11 is 5.94. The molecule has 2 amide bonds. The van der Waals surface area contributed by atoms with Crippen LogP contribution < -0.4 is 25.2 Å². The van der Waals surface area contributed by atoms with Gasteiger partial charge < -0.3 is 15.2 Å². The van der Waals surface area contributed by atoms with Crippen LogP contribution in [0, 0.1) is 17.0 Å². The number of ether oxygens (including phenoxy) is 2. The summed E-state index contributed by atoms with van der Waals surface area (Å²) in [5, 5.41) is 12.8. The highest BCUT2D eigenvalue weighted by atomic mass is 35.5. The molecule has 0 atom stereocenters. The molecule has 1 aromatic heterocycles. The van der Waals surface area contributed by atoms with E-state index in [1.807, 2.05) is 6.07 Å². The number of rotatable bonds is 9. The second kappa shape index (κ2) is 15.2. The molecule has 0 fully saturated rings. The molecule has 0 aliphatic carbocycles. The van der Waals surface area contributed by atoms with Gasteiger partial charge >= 0.3 is 18.2 Å². The Balaban J connectivity index is 0.000000275. The molecule has 0 saturated carbocycles. The standard InChI is InChI=1S/C15H16F3N5O4S.C12H9ClN2O3/c1-9-19-12(22-14(20-9)27-2)21-13(24)23-28(25,26)11-6-4-3-5-10(11)7-8-15(16,17)18;13-11-10(18-8-4-2-1-3-5-8)7-6-9(12(11)14)15(16)17/h3-6H,7-8H2,1-2H3,(H2,19,20,21,22,23,24);1-7H,14H2. The predicted octanol–water partition coefficient (Wildman–Crippen LogP) is 5.82. The van der Waals surface area contributed by atoms with Crippen molar-refractivity contribution in [3.05, 3.63) is 93.3 Å². The van der Waals surface area contributed by atoms with Gasteiger partial charge in [-0.2, -0.15) is 28.1 Å². The number of nitrogens with one attached hydrogen (secondary N) is 2. The highest BCUT2D eigenvalue weighted by Gasteiger charge is 2.29. The van der Waals surface area contributed by atoms with Gasteiger partial charge in [0.05, 0.1) is 16.9 Å². The third kappa shape index (κ3) is 10.2. The highest BCUT2D eigenvalue weighted by Crippen LogP contribution is 2.38. The van der Waals surface area contributed by atoms with Gasteiger partial charge in [0.15, 0.2) is 0 Å². The normalized spacial score (nSPS) is 11.1. The number of aryl methyl sites for hydroxylation is 2. The Hall–Kier alpha value is -5.23. The van der Waals surface area contributed by atoms with E-state index < -0.39 is 44.9 Å². The Kier molecular flexibility index (Phi) is 11.6. The maximum absolute atomic E-state index is 12.5. The molecule has 0 unspecified atom stereocenters. The Morgan fingerprint density at radius 3 is 2.33 bits per heavy atom. The summed E-state index contributed by atoms with van der Waals surface area (Å²) in [4.78, 5) is 33.0. The van der Waals surface area contributed by atoms with E-state index in [1.165, 1.54) is 44.4 Å². The number of nitrogens with zero attached hydrogens (tertiary/aromatic N) is 4. The number of benzene rings is 3. The van der Waals surface area contributed by atoms with Crippen molar-refractivity contribution in [2.45, 2.75) is 30.8 Å². The number of urea groups is 1. The third-order valence-electron chi connectivity index (χ3n) is 5.59. The quantitative estimate of drug-likeness (QED) is 0.109. The van der Waals surface area contributed by atoms with Gasteiger partial charge in [0.25, 0.3) is 15.7 Å². The number of nitro benzene ring substituents is 1. The zero-order valence-electron chi connectivity index (χ0n) is 23.9. The lowest BCUT2D eigenvalue weighted by Gasteiger charge is -2.13. The van der Waals surface area contributed by atoms with Gasteiger partial charge in [-0.05, 0) is 43.2 Å². The summed E-state index contributed by atoms with van der Waals surface area (Å²) in [6.45, 7) is 1.50. The van der Waals surface area contributed by atoms with Crippen molar-refractivity contribution in [3.8, 4) is 17.5 Å². The molecule has 3 aromatic carbocycles. The van der Waals surface area contributed by atoms with E-state index in [9.17, 15) is 36.5 Å². The first kappa shape index (κ1) is 35.3. The van der Waals surface area contributed by atoms with Crippen molar-refractivity contribution in [1.82, 2.24) is 19.7 Å². The van der Waals surface area contributed by atoms with E-state index in [0.717, 1.165) is 6.07 Å². The Morgan fingerprint density at radius 1 is 1.04 bits per heavy atom. The fraction of sp³-hybridized carbons (Fsp3) is 0.185. The number of para-hydroxylation sites is 1. The first-order valence-electron chi connectivity index (χ1n) is 12.8. The molecule has 14 nitrogen and oxygen atoms in total. The lowest BCUT2D eigenvalue weighted by Crippen LogP contribution is -2.35. The molecule has 0 aliphatic rings. The van der Waals surface area contributed by atoms with Crippen molar-refractivity contribution in [3.63, 3.8) is 0 Å². The van der Waals surface area contributed by atoms with E-state index >= 15 is 0 Å². The summed E-state index contributed by atoms with van der Waals surface area (Å²) in [6.07, 6.45) is -6.20. The monoisotopic (exact) mass is 683 g/mol. The molecule has 46 heavy (non-hydrogen) atoms. The molecule has 0 spiro atoms. The van der Waals surface area contributed by atoms with Crippen LogP contribution in [0.15, 0.2) is 71.6 Å². The number of hydrogen-bond acceptors (Lipinski definition) is 11. The van der Waals surface area contributed by atoms with Gasteiger partial charge in [-0.15, -0.1) is 0 Å². The number of methoxy groups -OCH3 is 1. The fourth-order valence-electron chi connectivity index (χ4n) is 3.57. The number of carbonyl (C=O) groups excluding carboxylic acids is 1. The average Bonchev–Trinajstić information content (AvgIpc) is 2.98. The fourth-order valence-corrected chi connectivity index (χ4v) is 4.95. The number of sulfonamides is 1. The second-order valence-electron chi connectivity index (χ2n) is 8.96. The number of aromatic nitrogens is 3. The summed E-state index contributed by atoms with van der Waals surface area (Å²) in [5.74, 6) is 0.809. The topological polar surface area (TPSA) is 202 Å². The molecule has 0 radical (unpaired) electrons. The van der Waals surface area contributed by atoms with Crippen LogP contribution in [0.2, 0.25) is 5.02 Å². The largest absolute Gasteiger partial charge is 0.467 e. The highest BCUT2D eigenvalue weighted by molar-refractivity contribution is 7.90. The van der Waals surface area contributed by atoms with Gasteiger partial charge in [-0.1, -0.05) is 48.0 Å². The maximum Gasteiger partial charge on any atom is 0.389 e. The molecule has 0 saturated heterocycles. The van der Waals surface area contributed by atoms with Gasteiger partial charge in [0.1, 0.15) is 28.0 Å². The minimum absolute atomic E-state index is 0.0352. The van der Waals surface area contributed by atoms with Crippen LogP contribution in [-0.2, 0) is 16.4 Å². The molecule has 4 N–H and O–H groups in total. The van der Waals surface area contributed by atoms with Crippen LogP contribution in [0.5, 0.6) is 17.5 Å². The molecular formula is C27H25ClF3N7O7S. The van der Waals surface area contributed by atoms with E-state index in [4.69, 9.17) is 26.8 Å². The predicted molar refractivity (Wildman–Crippen MR) is 160 cm³/mol. The van der Waals surface area contributed by atoms with Crippen LogP contribution in [0.3, 0.4) is 0 Å². The Morgan fingerprint density at radius 2 is 1.70 bits per heavy atom. The molecular weight excluding hydrogens is 659 g/mol. The van der Waals surface area contributed by atoms with Crippen LogP contribution in [0.25, 0.3) is 0 Å². The van der Waals surface area contributed by atoms with Gasteiger partial charge in [-0.25, -0.2) is 17.9 Å². The lowest BCUT2D eigenvalue weighted by atomic mass is 10.1. The molecule has 19 heteroatoms. The van der Waals surface area contributed by atoms with E-state index in [0.29, 0.717) is 5.75 Å². The van der Waals surface area contributed by atoms with Crippen LogP contribution in [0.4, 0.5) is 35.3 Å². The zero-order valence-corrected chi connectivity index (χ0v) is 25.5. The average molecular weight is 684 g/mol. The number of anilines is 2. The summed E-state index contributed by atoms with van der Waals surface area (Å²) in [7, 11) is -3.14. The van der Waals surface area contributed by atoms with Crippen molar-refractivity contribution in [1.29, 1.82) is 0 Å². The zero-order chi connectivity index (χ0) is 34.1. The van der Waals surface area contributed by atoms with Crippen molar-refractivity contribution in [2.75, 3.05) is 18.2 Å². The Labute approximate surface area is 264 Å². The van der Waals surface area contributed by atoms with E-state index in [-0.39, 0.29) is 45.5 Å². The van der Waals surface area contributed by atoms with Crippen molar-refractivity contribution >= 4 is 45.0 Å². The summed E-state index contributed by atoms with van der Waals surface area (Å²) in [5.41, 5.74) is 5.18. The molecule has 0 bridgehead atoms. The molecule has 244 valence electrons. The van der Waals surface area contributed by atoms with Crippen molar-refractivity contribution in [2.24, 2.45) is 0 Å². The molecule has 0 aliphatic heterocycles. The summed E-state index contributed by atoms with van der Waals surface area (Å²) in [6, 6.07) is 15.4. The number of hydrogen-bond donors (Lipinski definition) is 3. The van der Waals surface area contributed by atoms with E-state index in [1.54, 1.807) is 29.0 Å². The first-order valence-corrected chi connectivity index (χ1v) is 14.7. The molecule has 4 rings (SSSR count). The number of nitrogens with two attached hydrogens (primary N) is 1. The smallest absolute Gasteiger partial charge is 0.389 e. The lowest BCUT2D eigenvalue weighted by molar-refractivity contribution is -0.383. The summed E-state index contributed by atoms with van der Waals surface area (Å²) < 4.78 is 74.3. The van der Waals surface area contributed by atoms with Gasteiger partial charge in [-0.3, -0.25) is 15.4 Å². The minimum atomic E-state index is -4.45. The van der Waals surface area contributed by atoms with Gasteiger partial charge in [0, 0.05) is 12.5 Å². The number of nitro groups is 1. The first-order chi connectivity index (χ1) is 21.6. The second-order valence-corrected chi connectivity index (χ2v) is 11.0. The van der Waals surface area contributed by atoms with Crippen LogP contribution >= 0.6 is 11.6 Å². The molecule has 4 aromatic rings. The number of amides is 2. The maximum atomic E-state index is 12.5.